The van der Waals surface area contributed by atoms with Crippen molar-refractivity contribution in [1.29, 1.82) is 0 Å². The molecule has 0 aromatic carbocycles. The molecule has 0 heterocycles. The van der Waals surface area contributed by atoms with Gasteiger partial charge in [0.1, 0.15) is 0 Å². The van der Waals surface area contributed by atoms with Crippen LogP contribution in [-0.4, -0.2) is 24.9 Å². The average molecular weight is 160 g/mol. The summed E-state index contributed by atoms with van der Waals surface area (Å²) in [5.41, 5.74) is 0. The highest BCUT2D eigenvalue weighted by Gasteiger charge is 2.07. The van der Waals surface area contributed by atoms with Crippen LogP contribution in [0.25, 0.3) is 0 Å². The first-order chi connectivity index (χ1) is 5.20. The lowest BCUT2D eigenvalue weighted by atomic mass is 10.00. The highest BCUT2D eigenvalue weighted by molar-refractivity contribution is 4.59. The summed E-state index contributed by atoms with van der Waals surface area (Å²) >= 11 is 0. The van der Waals surface area contributed by atoms with E-state index >= 15 is 0 Å². The summed E-state index contributed by atoms with van der Waals surface area (Å²) in [6.07, 6.45) is 2.63. The van der Waals surface area contributed by atoms with Gasteiger partial charge in [-0.2, -0.15) is 0 Å². The zero-order chi connectivity index (χ0) is 8.69. The molecule has 68 valence electrons. The van der Waals surface area contributed by atoms with Gasteiger partial charge in [-0.25, -0.2) is 0 Å². The molecule has 2 heteroatoms. The first-order valence-electron chi connectivity index (χ1n) is 4.37. The predicted octanol–water partition coefficient (Wildman–Crippen LogP) is 1.82. The minimum Gasteiger partial charge on any atom is -0.393 e. The molecule has 0 aliphatic rings. The van der Waals surface area contributed by atoms with Gasteiger partial charge in [0, 0.05) is 13.7 Å². The zero-order valence-corrected chi connectivity index (χ0v) is 7.84. The Balaban J connectivity index is 3.27. The van der Waals surface area contributed by atoms with Crippen LogP contribution in [0.15, 0.2) is 0 Å². The van der Waals surface area contributed by atoms with Crippen LogP contribution in [0.3, 0.4) is 0 Å². The van der Waals surface area contributed by atoms with Gasteiger partial charge in [-0.1, -0.05) is 20.3 Å². The van der Waals surface area contributed by atoms with E-state index in [1.807, 2.05) is 0 Å². The molecular formula is C9H20O2. The van der Waals surface area contributed by atoms with Gasteiger partial charge in [0.25, 0.3) is 0 Å². The van der Waals surface area contributed by atoms with Crippen LogP contribution in [0.2, 0.25) is 0 Å². The Morgan fingerprint density at radius 3 is 2.55 bits per heavy atom. The van der Waals surface area contributed by atoms with Gasteiger partial charge in [0.15, 0.2) is 0 Å². The maximum atomic E-state index is 9.40. The number of hydrogen-bond donors (Lipinski definition) is 1. The number of rotatable bonds is 6. The normalized spacial score (nSPS) is 16.4. The second-order valence-corrected chi connectivity index (χ2v) is 3.18. The summed E-state index contributed by atoms with van der Waals surface area (Å²) < 4.78 is 4.87. The van der Waals surface area contributed by atoms with Gasteiger partial charge in [-0.05, 0) is 18.8 Å². The van der Waals surface area contributed by atoms with E-state index in [0.717, 1.165) is 19.3 Å². The van der Waals surface area contributed by atoms with Gasteiger partial charge in [0.05, 0.1) is 6.10 Å². The third kappa shape index (κ3) is 6.32. The van der Waals surface area contributed by atoms with Crippen molar-refractivity contribution in [2.75, 3.05) is 13.7 Å². The van der Waals surface area contributed by atoms with E-state index < -0.39 is 0 Å². The SMILES string of the molecule is CCC(C)CC(O)CCOC. The molecule has 2 nitrogen and oxygen atoms in total. The number of methoxy groups -OCH3 is 1. The second-order valence-electron chi connectivity index (χ2n) is 3.18. The van der Waals surface area contributed by atoms with E-state index in [-0.39, 0.29) is 6.10 Å². The minimum absolute atomic E-state index is 0.176. The second kappa shape index (κ2) is 6.62. The number of ether oxygens (including phenoxy) is 1. The van der Waals surface area contributed by atoms with Crippen LogP contribution in [-0.2, 0) is 4.74 Å². The smallest absolute Gasteiger partial charge is 0.0564 e. The lowest BCUT2D eigenvalue weighted by Gasteiger charge is -2.13. The Morgan fingerprint density at radius 2 is 2.09 bits per heavy atom. The van der Waals surface area contributed by atoms with Crippen LogP contribution in [0.5, 0.6) is 0 Å². The molecule has 0 spiro atoms. The third-order valence-corrected chi connectivity index (χ3v) is 2.03. The fourth-order valence-electron chi connectivity index (χ4n) is 1.00. The summed E-state index contributed by atoms with van der Waals surface area (Å²) in [5, 5.41) is 9.40. The van der Waals surface area contributed by atoms with Crippen LogP contribution in [0.4, 0.5) is 0 Å². The molecule has 0 saturated heterocycles. The van der Waals surface area contributed by atoms with E-state index in [9.17, 15) is 5.11 Å². The maximum absolute atomic E-state index is 9.40. The van der Waals surface area contributed by atoms with Crippen molar-refractivity contribution in [2.24, 2.45) is 5.92 Å². The Morgan fingerprint density at radius 1 is 1.45 bits per heavy atom. The van der Waals surface area contributed by atoms with Crippen molar-refractivity contribution in [3.63, 3.8) is 0 Å². The average Bonchev–Trinajstić information content (AvgIpc) is 2.00. The van der Waals surface area contributed by atoms with Gasteiger partial charge in [-0.3, -0.25) is 0 Å². The van der Waals surface area contributed by atoms with Crippen molar-refractivity contribution in [1.82, 2.24) is 0 Å². The van der Waals surface area contributed by atoms with E-state index in [2.05, 4.69) is 13.8 Å². The first-order valence-corrected chi connectivity index (χ1v) is 4.37. The number of aliphatic hydroxyl groups excluding tert-OH is 1. The number of hydrogen-bond acceptors (Lipinski definition) is 2. The molecule has 0 radical (unpaired) electrons. The largest absolute Gasteiger partial charge is 0.393 e. The van der Waals surface area contributed by atoms with E-state index in [0.29, 0.717) is 12.5 Å². The van der Waals surface area contributed by atoms with Crippen LogP contribution in [0, 0.1) is 5.92 Å². The fourth-order valence-corrected chi connectivity index (χ4v) is 1.00. The molecule has 11 heavy (non-hydrogen) atoms. The molecule has 0 bridgehead atoms. The molecule has 0 aliphatic heterocycles. The zero-order valence-electron chi connectivity index (χ0n) is 7.84. The molecule has 2 atom stereocenters. The Bertz CT molecular complexity index is 83.6. The summed E-state index contributed by atoms with van der Waals surface area (Å²) in [5.74, 6) is 0.627. The van der Waals surface area contributed by atoms with Crippen LogP contribution < -0.4 is 0 Å². The summed E-state index contributed by atoms with van der Waals surface area (Å²) in [4.78, 5) is 0. The van der Waals surface area contributed by atoms with Gasteiger partial charge < -0.3 is 9.84 Å². The molecule has 0 amide bonds. The molecular weight excluding hydrogens is 140 g/mol. The lowest BCUT2D eigenvalue weighted by Crippen LogP contribution is -2.13. The lowest BCUT2D eigenvalue weighted by molar-refractivity contribution is 0.0927. The van der Waals surface area contributed by atoms with E-state index in [1.165, 1.54) is 0 Å². The minimum atomic E-state index is -0.176. The van der Waals surface area contributed by atoms with Crippen LogP contribution in [0.1, 0.15) is 33.1 Å². The molecule has 0 aromatic rings. The van der Waals surface area contributed by atoms with Gasteiger partial charge in [-0.15, -0.1) is 0 Å². The Kier molecular flexibility index (Phi) is 6.57. The van der Waals surface area contributed by atoms with E-state index in [4.69, 9.17) is 4.74 Å². The van der Waals surface area contributed by atoms with Crippen molar-refractivity contribution < 1.29 is 9.84 Å². The number of aliphatic hydroxyl groups is 1. The molecule has 0 aliphatic carbocycles. The highest BCUT2D eigenvalue weighted by Crippen LogP contribution is 2.11. The van der Waals surface area contributed by atoms with E-state index in [1.54, 1.807) is 7.11 Å². The molecule has 2 unspecified atom stereocenters. The summed E-state index contributed by atoms with van der Waals surface area (Å²) in [6.45, 7) is 4.97. The molecule has 0 aromatic heterocycles. The monoisotopic (exact) mass is 160 g/mol. The fraction of sp³-hybridized carbons (Fsp3) is 1.00. The molecule has 0 fully saturated rings. The predicted molar refractivity (Wildman–Crippen MR) is 46.6 cm³/mol. The standard InChI is InChI=1S/C9H20O2/c1-4-8(2)7-9(10)5-6-11-3/h8-10H,4-7H2,1-3H3. The summed E-state index contributed by atoms with van der Waals surface area (Å²) in [6, 6.07) is 0. The topological polar surface area (TPSA) is 29.5 Å². The van der Waals surface area contributed by atoms with Crippen molar-refractivity contribution >= 4 is 0 Å². The molecule has 0 rings (SSSR count). The van der Waals surface area contributed by atoms with Crippen molar-refractivity contribution in [3.05, 3.63) is 0 Å². The molecule has 0 saturated carbocycles. The molecule has 1 N–H and O–H groups in total. The van der Waals surface area contributed by atoms with Gasteiger partial charge >= 0.3 is 0 Å². The Hall–Kier alpha value is -0.0800. The Labute approximate surface area is 69.6 Å². The van der Waals surface area contributed by atoms with Crippen molar-refractivity contribution in [3.8, 4) is 0 Å². The third-order valence-electron chi connectivity index (χ3n) is 2.03. The summed E-state index contributed by atoms with van der Waals surface area (Å²) in [7, 11) is 1.66. The first kappa shape index (κ1) is 10.9. The van der Waals surface area contributed by atoms with Crippen molar-refractivity contribution in [2.45, 2.75) is 39.2 Å². The van der Waals surface area contributed by atoms with Gasteiger partial charge in [0.2, 0.25) is 0 Å². The maximum Gasteiger partial charge on any atom is 0.0564 e. The quantitative estimate of drug-likeness (QED) is 0.642. The van der Waals surface area contributed by atoms with Crippen LogP contribution >= 0.6 is 0 Å². The highest BCUT2D eigenvalue weighted by atomic mass is 16.5.